The predicted octanol–water partition coefficient (Wildman–Crippen LogP) is 4.59. The second-order valence-electron chi connectivity index (χ2n) is 6.22. The third kappa shape index (κ3) is 6.54. The van der Waals surface area contributed by atoms with Crippen LogP contribution in [0.1, 0.15) is 18.9 Å². The van der Waals surface area contributed by atoms with Crippen LogP contribution in [0.5, 0.6) is 0 Å². The summed E-state index contributed by atoms with van der Waals surface area (Å²) in [6, 6.07) is 12.6. The van der Waals surface area contributed by atoms with Crippen molar-refractivity contribution in [3.8, 4) is 0 Å². The normalized spacial score (nSPS) is 10.7. The van der Waals surface area contributed by atoms with Gasteiger partial charge in [0.15, 0.2) is 0 Å². The summed E-state index contributed by atoms with van der Waals surface area (Å²) in [4.78, 5) is 26.6. The number of carbonyl (C=O) groups excluding carboxylic acids is 2. The Kier molecular flexibility index (Phi) is 8.10. The lowest BCUT2D eigenvalue weighted by molar-refractivity contribution is -0.120. The van der Waals surface area contributed by atoms with Crippen molar-refractivity contribution in [2.45, 2.75) is 20.3 Å². The van der Waals surface area contributed by atoms with Gasteiger partial charge in [-0.15, -0.1) is 0 Å². The summed E-state index contributed by atoms with van der Waals surface area (Å²) < 4.78 is 0. The lowest BCUT2D eigenvalue weighted by Gasteiger charge is -2.21. The van der Waals surface area contributed by atoms with Gasteiger partial charge in [0.1, 0.15) is 0 Å². The molecule has 0 aliphatic heterocycles. The molecular formula is C20H23Cl2N3O2. The highest BCUT2D eigenvalue weighted by Crippen LogP contribution is 2.29. The maximum Gasteiger partial charge on any atom is 0.238 e. The fourth-order valence-corrected chi connectivity index (χ4v) is 3.13. The molecule has 0 aliphatic carbocycles. The van der Waals surface area contributed by atoms with Crippen LogP contribution in [0, 0.1) is 6.92 Å². The first-order valence-corrected chi connectivity index (χ1v) is 9.48. The number of halogens is 2. The molecule has 27 heavy (non-hydrogen) atoms. The predicted molar refractivity (Wildman–Crippen MR) is 112 cm³/mol. The molecule has 144 valence electrons. The van der Waals surface area contributed by atoms with Crippen LogP contribution >= 0.6 is 23.2 Å². The SMILES string of the molecule is CCCN(CC(=O)Nc1ccccc1C)CC(=O)Nc1c(Cl)cccc1Cl. The minimum absolute atomic E-state index is 0.0661. The minimum atomic E-state index is -0.276. The molecule has 0 radical (unpaired) electrons. The van der Waals surface area contributed by atoms with Gasteiger partial charge in [-0.1, -0.05) is 54.4 Å². The lowest BCUT2D eigenvalue weighted by atomic mass is 10.2. The Morgan fingerprint density at radius 2 is 1.52 bits per heavy atom. The van der Waals surface area contributed by atoms with Crippen molar-refractivity contribution in [3.05, 3.63) is 58.1 Å². The zero-order chi connectivity index (χ0) is 19.8. The van der Waals surface area contributed by atoms with Gasteiger partial charge in [0.25, 0.3) is 0 Å². The molecule has 0 heterocycles. The number of nitrogens with zero attached hydrogens (tertiary/aromatic N) is 1. The highest BCUT2D eigenvalue weighted by atomic mass is 35.5. The van der Waals surface area contributed by atoms with Gasteiger partial charge in [0, 0.05) is 5.69 Å². The molecular weight excluding hydrogens is 385 g/mol. The van der Waals surface area contributed by atoms with Crippen molar-refractivity contribution >= 4 is 46.4 Å². The van der Waals surface area contributed by atoms with Crippen molar-refractivity contribution in [1.29, 1.82) is 0 Å². The van der Waals surface area contributed by atoms with Gasteiger partial charge in [-0.05, 0) is 43.7 Å². The number of rotatable bonds is 8. The number of carbonyl (C=O) groups is 2. The van der Waals surface area contributed by atoms with Crippen LogP contribution in [-0.4, -0.2) is 36.3 Å². The largest absolute Gasteiger partial charge is 0.325 e. The van der Waals surface area contributed by atoms with Crippen molar-refractivity contribution < 1.29 is 9.59 Å². The Morgan fingerprint density at radius 1 is 0.926 bits per heavy atom. The van der Waals surface area contributed by atoms with Crippen molar-refractivity contribution in [1.82, 2.24) is 4.90 Å². The van der Waals surface area contributed by atoms with Crippen LogP contribution in [0.25, 0.3) is 0 Å². The summed E-state index contributed by atoms with van der Waals surface area (Å²) in [5.41, 5.74) is 2.14. The molecule has 0 atom stereocenters. The fraction of sp³-hybridized carbons (Fsp3) is 0.300. The molecule has 2 N–H and O–H groups in total. The van der Waals surface area contributed by atoms with E-state index in [0.717, 1.165) is 17.7 Å². The molecule has 0 aromatic heterocycles. The van der Waals surface area contributed by atoms with Crippen molar-refractivity contribution in [3.63, 3.8) is 0 Å². The Hall–Kier alpha value is -2.08. The maximum absolute atomic E-state index is 12.4. The summed E-state index contributed by atoms with van der Waals surface area (Å²) >= 11 is 12.2. The number of hydrogen-bond acceptors (Lipinski definition) is 3. The summed E-state index contributed by atoms with van der Waals surface area (Å²) in [5.74, 6) is -0.441. The Labute approximate surface area is 169 Å². The number of anilines is 2. The van der Waals surface area contributed by atoms with E-state index in [-0.39, 0.29) is 24.9 Å². The van der Waals surface area contributed by atoms with E-state index in [9.17, 15) is 9.59 Å². The lowest BCUT2D eigenvalue weighted by Crippen LogP contribution is -2.39. The summed E-state index contributed by atoms with van der Waals surface area (Å²) in [7, 11) is 0. The fourth-order valence-electron chi connectivity index (χ4n) is 2.64. The summed E-state index contributed by atoms with van der Waals surface area (Å²) in [6.45, 7) is 4.72. The number of para-hydroxylation sites is 2. The standard InChI is InChI=1S/C20H23Cl2N3O2/c1-3-11-25(12-18(26)23-17-10-5-4-7-14(17)2)13-19(27)24-20-15(21)8-6-9-16(20)22/h4-10H,3,11-13H2,1-2H3,(H,23,26)(H,24,27). The van der Waals surface area contributed by atoms with Crippen LogP contribution in [-0.2, 0) is 9.59 Å². The molecule has 2 amide bonds. The smallest absolute Gasteiger partial charge is 0.238 e. The number of amides is 2. The average Bonchev–Trinajstić information content (AvgIpc) is 2.60. The molecule has 7 heteroatoms. The van der Waals surface area contributed by atoms with Gasteiger partial charge >= 0.3 is 0 Å². The van der Waals surface area contributed by atoms with Gasteiger partial charge in [-0.3, -0.25) is 14.5 Å². The zero-order valence-electron chi connectivity index (χ0n) is 15.4. The van der Waals surface area contributed by atoms with Gasteiger partial charge in [-0.2, -0.15) is 0 Å². The third-order valence-electron chi connectivity index (χ3n) is 3.92. The molecule has 2 rings (SSSR count). The van der Waals surface area contributed by atoms with E-state index in [4.69, 9.17) is 23.2 Å². The van der Waals surface area contributed by atoms with E-state index in [1.807, 2.05) is 38.1 Å². The highest BCUT2D eigenvalue weighted by Gasteiger charge is 2.16. The molecule has 0 bridgehead atoms. The Bertz CT molecular complexity index is 791. The average molecular weight is 408 g/mol. The van der Waals surface area contributed by atoms with E-state index in [0.29, 0.717) is 22.3 Å². The molecule has 0 fully saturated rings. The van der Waals surface area contributed by atoms with E-state index in [2.05, 4.69) is 10.6 Å². The van der Waals surface area contributed by atoms with E-state index in [1.165, 1.54) is 0 Å². The summed E-state index contributed by atoms with van der Waals surface area (Å²) in [6.07, 6.45) is 0.817. The first kappa shape index (κ1) is 21.2. The zero-order valence-corrected chi connectivity index (χ0v) is 16.9. The van der Waals surface area contributed by atoms with E-state index >= 15 is 0 Å². The molecule has 2 aromatic carbocycles. The number of benzene rings is 2. The second kappa shape index (κ2) is 10.3. The van der Waals surface area contributed by atoms with E-state index < -0.39 is 0 Å². The topological polar surface area (TPSA) is 61.4 Å². The molecule has 2 aromatic rings. The summed E-state index contributed by atoms with van der Waals surface area (Å²) in [5, 5.41) is 6.35. The van der Waals surface area contributed by atoms with Crippen LogP contribution in [0.2, 0.25) is 10.0 Å². The molecule has 5 nitrogen and oxygen atoms in total. The monoisotopic (exact) mass is 407 g/mol. The third-order valence-corrected chi connectivity index (χ3v) is 4.55. The van der Waals surface area contributed by atoms with Crippen LogP contribution < -0.4 is 10.6 Å². The first-order chi connectivity index (χ1) is 12.9. The minimum Gasteiger partial charge on any atom is -0.325 e. The first-order valence-electron chi connectivity index (χ1n) is 8.72. The highest BCUT2D eigenvalue weighted by molar-refractivity contribution is 6.39. The molecule has 0 saturated carbocycles. The maximum atomic E-state index is 12.4. The van der Waals surface area contributed by atoms with E-state index in [1.54, 1.807) is 23.1 Å². The number of nitrogens with one attached hydrogen (secondary N) is 2. The van der Waals surface area contributed by atoms with Gasteiger partial charge in [-0.25, -0.2) is 0 Å². The molecule has 0 aliphatic rings. The van der Waals surface area contributed by atoms with Crippen molar-refractivity contribution in [2.24, 2.45) is 0 Å². The van der Waals surface area contributed by atoms with Gasteiger partial charge in [0.05, 0.1) is 28.8 Å². The Balaban J connectivity index is 1.97. The molecule has 0 spiro atoms. The van der Waals surface area contributed by atoms with Crippen molar-refractivity contribution in [2.75, 3.05) is 30.3 Å². The molecule has 0 saturated heterocycles. The number of hydrogen-bond donors (Lipinski definition) is 2. The second-order valence-corrected chi connectivity index (χ2v) is 7.03. The van der Waals surface area contributed by atoms with Gasteiger partial charge < -0.3 is 10.6 Å². The van der Waals surface area contributed by atoms with Crippen LogP contribution in [0.15, 0.2) is 42.5 Å². The Morgan fingerprint density at radius 3 is 2.11 bits per heavy atom. The number of aryl methyl sites for hydroxylation is 1. The quantitative estimate of drug-likeness (QED) is 0.672. The molecule has 0 unspecified atom stereocenters. The van der Waals surface area contributed by atoms with Gasteiger partial charge in [0.2, 0.25) is 11.8 Å². The van der Waals surface area contributed by atoms with Crippen LogP contribution in [0.4, 0.5) is 11.4 Å². The van der Waals surface area contributed by atoms with Crippen LogP contribution in [0.3, 0.4) is 0 Å².